The van der Waals surface area contributed by atoms with Crippen LogP contribution in [0, 0.1) is 5.41 Å². The minimum absolute atomic E-state index is 0. The Morgan fingerprint density at radius 3 is 1.90 bits per heavy atom. The summed E-state index contributed by atoms with van der Waals surface area (Å²) in [5.74, 6) is -3.50. The first kappa shape index (κ1) is 27.4. The van der Waals surface area contributed by atoms with E-state index in [0.29, 0.717) is 26.1 Å². The SMILES string of the molecule is N[C@@H]1CCCC[C@]1(N)C1CC(C(=O)[O-])(C(=O)[O-])CCOCCOCCOCCO1.[Pt+2]. The number of hydrogen-bond acceptors (Lipinski definition) is 10. The molecule has 2 fully saturated rings. The summed E-state index contributed by atoms with van der Waals surface area (Å²) in [7, 11) is 0. The maximum Gasteiger partial charge on any atom is 2.00 e. The Morgan fingerprint density at radius 1 is 0.833 bits per heavy atom. The van der Waals surface area contributed by atoms with Crippen molar-refractivity contribution >= 4 is 11.9 Å². The largest absolute Gasteiger partial charge is 2.00 e. The summed E-state index contributed by atoms with van der Waals surface area (Å²) in [4.78, 5) is 23.9. The molecule has 1 heterocycles. The summed E-state index contributed by atoms with van der Waals surface area (Å²) in [6.45, 7) is 1.45. The molecule has 1 saturated heterocycles. The van der Waals surface area contributed by atoms with Crippen molar-refractivity contribution in [1.29, 1.82) is 0 Å². The van der Waals surface area contributed by atoms with Gasteiger partial charge in [0.15, 0.2) is 0 Å². The van der Waals surface area contributed by atoms with E-state index in [4.69, 9.17) is 30.4 Å². The third kappa shape index (κ3) is 6.95. The van der Waals surface area contributed by atoms with Gasteiger partial charge in [-0.3, -0.25) is 0 Å². The topological polar surface area (TPSA) is 169 Å². The molecular weight excluding hydrogens is 579 g/mol. The second-order valence-electron chi connectivity index (χ2n) is 7.77. The Balaban J connectivity index is 0.00000450. The average molecular weight is 612 g/mol. The summed E-state index contributed by atoms with van der Waals surface area (Å²) in [6, 6.07) is -0.449. The molecule has 0 radical (unpaired) electrons. The molecule has 1 aliphatic carbocycles. The van der Waals surface area contributed by atoms with Gasteiger partial charge in [0.2, 0.25) is 0 Å². The number of rotatable bonds is 3. The van der Waals surface area contributed by atoms with Crippen molar-refractivity contribution in [2.45, 2.75) is 56.2 Å². The number of hydrogen-bond donors (Lipinski definition) is 2. The van der Waals surface area contributed by atoms with Crippen LogP contribution in [0.5, 0.6) is 0 Å². The summed E-state index contributed by atoms with van der Waals surface area (Å²) in [5, 5.41) is 23.9. The van der Waals surface area contributed by atoms with Gasteiger partial charge in [-0.1, -0.05) is 12.8 Å². The van der Waals surface area contributed by atoms with Gasteiger partial charge in [0.25, 0.3) is 0 Å². The standard InChI is InChI=1S/C19H34N2O8.Pt/c20-14-3-1-2-4-19(14,21)15-13-18(16(22)23,17(24)25)5-6-26-7-8-27-9-10-28-11-12-29-15;/h14-15H,1-13,20-21H2,(H,22,23)(H,24,25);/q;+2/p-2/t14-,15?,19-;/m1./s1. The third-order valence-electron chi connectivity index (χ3n) is 5.94. The molecule has 0 aromatic rings. The van der Waals surface area contributed by atoms with Crippen LogP contribution in [0.2, 0.25) is 0 Å². The van der Waals surface area contributed by atoms with Crippen LogP contribution >= 0.6 is 0 Å². The van der Waals surface area contributed by atoms with E-state index in [1.807, 2.05) is 0 Å². The molecule has 30 heavy (non-hydrogen) atoms. The summed E-state index contributed by atoms with van der Waals surface area (Å²) < 4.78 is 22.0. The van der Waals surface area contributed by atoms with Crippen molar-refractivity contribution in [3.8, 4) is 0 Å². The predicted molar refractivity (Wildman–Crippen MR) is 97.2 cm³/mol. The summed E-state index contributed by atoms with van der Waals surface area (Å²) in [6.07, 6.45) is 1.18. The van der Waals surface area contributed by atoms with E-state index in [1.54, 1.807) is 0 Å². The zero-order chi connectivity index (χ0) is 21.3. The zero-order valence-electron chi connectivity index (χ0n) is 17.1. The van der Waals surface area contributed by atoms with E-state index in [2.05, 4.69) is 0 Å². The molecule has 2 aliphatic rings. The Labute approximate surface area is 191 Å². The van der Waals surface area contributed by atoms with Crippen LogP contribution in [-0.2, 0) is 49.6 Å². The van der Waals surface area contributed by atoms with Gasteiger partial charge in [-0.2, -0.15) is 0 Å². The molecule has 0 amide bonds. The Bertz CT molecular complexity index is 539. The quantitative estimate of drug-likeness (QED) is 0.320. The van der Waals surface area contributed by atoms with Crippen LogP contribution in [-0.4, -0.2) is 75.9 Å². The van der Waals surface area contributed by atoms with Gasteiger partial charge >= 0.3 is 21.1 Å². The Kier molecular flexibility index (Phi) is 11.9. The zero-order valence-corrected chi connectivity index (χ0v) is 19.4. The van der Waals surface area contributed by atoms with Crippen molar-refractivity contribution < 1.29 is 59.8 Å². The number of carboxylic acid groups (broad SMARTS) is 2. The van der Waals surface area contributed by atoms with E-state index in [1.165, 1.54) is 0 Å². The van der Waals surface area contributed by atoms with Gasteiger partial charge in [-0.05, 0) is 25.7 Å². The van der Waals surface area contributed by atoms with Crippen molar-refractivity contribution in [2.24, 2.45) is 16.9 Å². The first-order valence-corrected chi connectivity index (χ1v) is 10.1. The predicted octanol–water partition coefficient (Wildman–Crippen LogP) is -2.70. The molecule has 2 rings (SSSR count). The van der Waals surface area contributed by atoms with Crippen LogP contribution in [0.15, 0.2) is 0 Å². The number of carbonyl (C=O) groups excluding carboxylic acids is 2. The maximum atomic E-state index is 12.0. The van der Waals surface area contributed by atoms with Crippen LogP contribution < -0.4 is 21.7 Å². The van der Waals surface area contributed by atoms with Gasteiger partial charge < -0.3 is 50.2 Å². The number of carbonyl (C=O) groups is 2. The van der Waals surface area contributed by atoms with Crippen LogP contribution in [0.1, 0.15) is 38.5 Å². The van der Waals surface area contributed by atoms with Gasteiger partial charge in [0.1, 0.15) is 0 Å². The molecule has 4 N–H and O–H groups in total. The number of carboxylic acids is 2. The van der Waals surface area contributed by atoms with E-state index in [9.17, 15) is 19.8 Å². The number of aliphatic carboxylic acids is 2. The van der Waals surface area contributed by atoms with Crippen molar-refractivity contribution in [3.05, 3.63) is 0 Å². The van der Waals surface area contributed by atoms with Crippen LogP contribution in [0.3, 0.4) is 0 Å². The first-order chi connectivity index (χ1) is 13.8. The molecule has 1 aliphatic heterocycles. The minimum atomic E-state index is -2.31. The number of nitrogens with two attached hydrogens (primary N) is 2. The van der Waals surface area contributed by atoms with Gasteiger partial charge in [0.05, 0.1) is 68.6 Å². The fraction of sp³-hybridized carbons (Fsp3) is 0.895. The first-order valence-electron chi connectivity index (χ1n) is 10.1. The van der Waals surface area contributed by atoms with Crippen LogP contribution in [0.25, 0.3) is 0 Å². The molecule has 0 aromatic carbocycles. The molecule has 0 bridgehead atoms. The van der Waals surface area contributed by atoms with Crippen molar-refractivity contribution in [2.75, 3.05) is 46.2 Å². The van der Waals surface area contributed by atoms with Gasteiger partial charge in [0, 0.05) is 12.6 Å². The second kappa shape index (κ2) is 13.1. The molecule has 10 nitrogen and oxygen atoms in total. The summed E-state index contributed by atoms with van der Waals surface area (Å²) >= 11 is 0. The smallest absolute Gasteiger partial charge is 0.549 e. The molecule has 1 unspecified atom stereocenters. The Morgan fingerprint density at radius 2 is 1.37 bits per heavy atom. The molecular formula is C19H32N2O8Pt. The fourth-order valence-corrected chi connectivity index (χ4v) is 3.96. The molecule has 11 heteroatoms. The molecule has 0 aromatic heterocycles. The monoisotopic (exact) mass is 611 g/mol. The van der Waals surface area contributed by atoms with Crippen molar-refractivity contribution in [3.63, 3.8) is 0 Å². The molecule has 0 spiro atoms. The third-order valence-corrected chi connectivity index (χ3v) is 5.94. The van der Waals surface area contributed by atoms with E-state index in [-0.39, 0.29) is 60.5 Å². The van der Waals surface area contributed by atoms with Crippen molar-refractivity contribution in [1.82, 2.24) is 0 Å². The normalized spacial score (nSPS) is 32.1. The van der Waals surface area contributed by atoms with E-state index >= 15 is 0 Å². The maximum absolute atomic E-state index is 12.0. The molecule has 3 atom stereocenters. The minimum Gasteiger partial charge on any atom is -0.549 e. The van der Waals surface area contributed by atoms with Crippen LogP contribution in [0.4, 0.5) is 0 Å². The van der Waals surface area contributed by atoms with Gasteiger partial charge in [-0.25, -0.2) is 0 Å². The van der Waals surface area contributed by atoms with E-state index in [0.717, 1.165) is 12.8 Å². The molecule has 1 saturated carbocycles. The molecule has 176 valence electrons. The Hall–Kier alpha value is -0.612. The van der Waals surface area contributed by atoms with E-state index < -0.39 is 41.5 Å². The summed E-state index contributed by atoms with van der Waals surface area (Å²) in [5.41, 5.74) is 9.48. The van der Waals surface area contributed by atoms with Gasteiger partial charge in [-0.15, -0.1) is 0 Å². The average Bonchev–Trinajstić information content (AvgIpc) is 2.68. The second-order valence-corrected chi connectivity index (χ2v) is 7.77. The number of ether oxygens (including phenoxy) is 4. The fourth-order valence-electron chi connectivity index (χ4n) is 3.96.